The van der Waals surface area contributed by atoms with Gasteiger partial charge < -0.3 is 10.2 Å². The summed E-state index contributed by atoms with van der Waals surface area (Å²) in [5.74, 6) is -1.29. The highest BCUT2D eigenvalue weighted by Gasteiger charge is 2.15. The summed E-state index contributed by atoms with van der Waals surface area (Å²) in [7, 11) is 0. The van der Waals surface area contributed by atoms with Crippen LogP contribution in [0.3, 0.4) is 0 Å². The largest absolute Gasteiger partial charge is 0.347 e. The molecule has 112 valence electrons. The summed E-state index contributed by atoms with van der Waals surface area (Å²) >= 11 is 1.36. The Morgan fingerprint density at radius 2 is 1.85 bits per heavy atom. The summed E-state index contributed by atoms with van der Waals surface area (Å²) in [5, 5.41) is 5.58. The lowest BCUT2D eigenvalue weighted by atomic mass is 10.4. The lowest BCUT2D eigenvalue weighted by molar-refractivity contribution is -0.136. The second-order valence-corrected chi connectivity index (χ2v) is 5.60. The van der Waals surface area contributed by atoms with Crippen LogP contribution in [0.15, 0.2) is 0 Å². The quantitative estimate of drug-likeness (QED) is 0.773. The normalized spacial score (nSPS) is 10.7. The number of likely N-dealkylation sites (N-methyl/N-ethyl adjacent to an activating group) is 1. The minimum atomic E-state index is -0.668. The van der Waals surface area contributed by atoms with Gasteiger partial charge in [0.2, 0.25) is 0 Å². The first-order valence-electron chi connectivity index (χ1n) is 6.73. The molecule has 1 heterocycles. The van der Waals surface area contributed by atoms with Crippen LogP contribution in [-0.2, 0) is 9.59 Å². The lowest BCUT2D eigenvalue weighted by Gasteiger charge is -2.17. The molecule has 0 aliphatic rings. The van der Waals surface area contributed by atoms with Crippen molar-refractivity contribution < 1.29 is 9.59 Å². The number of nitrogens with zero attached hydrogens (tertiary/aromatic N) is 2. The number of thiazole rings is 1. The molecule has 7 heteroatoms. The minimum Gasteiger partial charge on any atom is -0.347 e. The highest BCUT2D eigenvalue weighted by molar-refractivity contribution is 7.15. The smallest absolute Gasteiger partial charge is 0.315 e. The first-order valence-corrected chi connectivity index (χ1v) is 7.55. The van der Waals surface area contributed by atoms with E-state index in [-0.39, 0.29) is 0 Å². The topological polar surface area (TPSA) is 74.3 Å². The van der Waals surface area contributed by atoms with Crippen molar-refractivity contribution in [3.05, 3.63) is 10.6 Å². The Morgan fingerprint density at radius 3 is 2.35 bits per heavy atom. The third-order valence-corrected chi connectivity index (χ3v) is 4.05. The third kappa shape index (κ3) is 4.90. The zero-order chi connectivity index (χ0) is 15.1. The number of aryl methyl sites for hydroxylation is 2. The van der Waals surface area contributed by atoms with Crippen molar-refractivity contribution >= 4 is 28.3 Å². The number of aromatic nitrogens is 1. The second kappa shape index (κ2) is 7.96. The third-order valence-electron chi connectivity index (χ3n) is 3.06. The monoisotopic (exact) mass is 298 g/mol. The number of anilines is 1. The van der Waals surface area contributed by atoms with Gasteiger partial charge in [-0.3, -0.25) is 14.9 Å². The van der Waals surface area contributed by atoms with Crippen LogP contribution in [-0.4, -0.2) is 47.9 Å². The molecular formula is C13H22N4O2S. The van der Waals surface area contributed by atoms with Gasteiger partial charge in [-0.15, -0.1) is 11.3 Å². The van der Waals surface area contributed by atoms with E-state index in [1.54, 1.807) is 0 Å². The second-order valence-electron chi connectivity index (χ2n) is 4.40. The lowest BCUT2D eigenvalue weighted by Crippen LogP contribution is -2.40. The molecule has 1 aromatic heterocycles. The van der Waals surface area contributed by atoms with Gasteiger partial charge in [-0.1, -0.05) is 13.8 Å². The molecule has 1 aromatic rings. The number of hydrogen-bond acceptors (Lipinski definition) is 5. The predicted octanol–water partition coefficient (Wildman–Crippen LogP) is 1.16. The van der Waals surface area contributed by atoms with E-state index >= 15 is 0 Å². The number of rotatable bonds is 6. The molecule has 2 N–H and O–H groups in total. The van der Waals surface area contributed by atoms with E-state index in [0.717, 1.165) is 30.2 Å². The van der Waals surface area contributed by atoms with Crippen molar-refractivity contribution in [2.75, 3.05) is 31.5 Å². The van der Waals surface area contributed by atoms with Crippen molar-refractivity contribution in [1.82, 2.24) is 15.2 Å². The van der Waals surface area contributed by atoms with E-state index in [9.17, 15) is 9.59 Å². The number of carbonyl (C=O) groups excluding carboxylic acids is 2. The van der Waals surface area contributed by atoms with Gasteiger partial charge >= 0.3 is 11.8 Å². The summed E-state index contributed by atoms with van der Waals surface area (Å²) in [6.07, 6.45) is 0. The van der Waals surface area contributed by atoms with E-state index in [2.05, 4.69) is 34.4 Å². The van der Waals surface area contributed by atoms with Crippen LogP contribution in [0.2, 0.25) is 0 Å². The SMILES string of the molecule is CCN(CC)CCNC(=O)C(=O)Nc1nc(C)c(C)s1. The first-order chi connectivity index (χ1) is 9.47. The van der Waals surface area contributed by atoms with Crippen molar-refractivity contribution in [2.45, 2.75) is 27.7 Å². The molecule has 20 heavy (non-hydrogen) atoms. The maximum Gasteiger partial charge on any atom is 0.315 e. The van der Waals surface area contributed by atoms with Gasteiger partial charge in [0.15, 0.2) is 5.13 Å². The van der Waals surface area contributed by atoms with Crippen LogP contribution in [0, 0.1) is 13.8 Å². The van der Waals surface area contributed by atoms with E-state index in [0.29, 0.717) is 11.7 Å². The number of carbonyl (C=O) groups is 2. The zero-order valence-electron chi connectivity index (χ0n) is 12.4. The van der Waals surface area contributed by atoms with Gasteiger partial charge in [0.05, 0.1) is 5.69 Å². The highest BCUT2D eigenvalue weighted by atomic mass is 32.1. The Bertz CT molecular complexity index is 449. The maximum atomic E-state index is 11.7. The number of amides is 2. The molecule has 0 radical (unpaired) electrons. The van der Waals surface area contributed by atoms with Gasteiger partial charge in [-0.05, 0) is 26.9 Å². The molecule has 0 bridgehead atoms. The maximum absolute atomic E-state index is 11.7. The molecule has 0 saturated carbocycles. The predicted molar refractivity (Wildman–Crippen MR) is 81.0 cm³/mol. The molecule has 0 spiro atoms. The molecule has 6 nitrogen and oxygen atoms in total. The van der Waals surface area contributed by atoms with Crippen molar-refractivity contribution in [3.8, 4) is 0 Å². The summed E-state index contributed by atoms with van der Waals surface area (Å²) in [4.78, 5) is 30.7. The highest BCUT2D eigenvalue weighted by Crippen LogP contribution is 2.20. The van der Waals surface area contributed by atoms with Crippen LogP contribution in [0.25, 0.3) is 0 Å². The molecule has 0 aromatic carbocycles. The molecule has 1 rings (SSSR count). The van der Waals surface area contributed by atoms with Crippen molar-refractivity contribution in [3.63, 3.8) is 0 Å². The van der Waals surface area contributed by atoms with Gasteiger partial charge in [0, 0.05) is 18.0 Å². The Balaban J connectivity index is 2.38. The Hall–Kier alpha value is -1.47. The van der Waals surface area contributed by atoms with Crippen LogP contribution < -0.4 is 10.6 Å². The summed E-state index contributed by atoms with van der Waals surface area (Å²) < 4.78 is 0. The number of nitrogens with one attached hydrogen (secondary N) is 2. The van der Waals surface area contributed by atoms with Crippen LogP contribution in [0.5, 0.6) is 0 Å². The van der Waals surface area contributed by atoms with E-state index in [4.69, 9.17) is 0 Å². The molecule has 0 fully saturated rings. The molecule has 0 unspecified atom stereocenters. The standard InChI is InChI=1S/C13H22N4O2S/c1-5-17(6-2)8-7-14-11(18)12(19)16-13-15-9(3)10(4)20-13/h5-8H2,1-4H3,(H,14,18)(H,15,16,19). The summed E-state index contributed by atoms with van der Waals surface area (Å²) in [5.41, 5.74) is 0.868. The zero-order valence-corrected chi connectivity index (χ0v) is 13.3. The first kappa shape index (κ1) is 16.6. The fraction of sp³-hybridized carbons (Fsp3) is 0.615. The van der Waals surface area contributed by atoms with Gasteiger partial charge in [0.1, 0.15) is 0 Å². The Morgan fingerprint density at radius 1 is 1.20 bits per heavy atom. The van der Waals surface area contributed by atoms with E-state index in [1.807, 2.05) is 13.8 Å². The Labute approximate surface area is 123 Å². The molecule has 0 atom stereocenters. The molecule has 0 saturated heterocycles. The van der Waals surface area contributed by atoms with Crippen molar-refractivity contribution in [1.29, 1.82) is 0 Å². The van der Waals surface area contributed by atoms with Gasteiger partial charge in [0.25, 0.3) is 0 Å². The number of hydrogen-bond donors (Lipinski definition) is 2. The van der Waals surface area contributed by atoms with E-state index in [1.165, 1.54) is 11.3 Å². The van der Waals surface area contributed by atoms with Crippen LogP contribution in [0.1, 0.15) is 24.4 Å². The van der Waals surface area contributed by atoms with Gasteiger partial charge in [-0.2, -0.15) is 0 Å². The molecule has 0 aliphatic carbocycles. The van der Waals surface area contributed by atoms with Crippen LogP contribution >= 0.6 is 11.3 Å². The van der Waals surface area contributed by atoms with Crippen LogP contribution in [0.4, 0.5) is 5.13 Å². The summed E-state index contributed by atoms with van der Waals surface area (Å²) in [6.45, 7) is 11.0. The molecular weight excluding hydrogens is 276 g/mol. The fourth-order valence-corrected chi connectivity index (χ4v) is 2.44. The fourth-order valence-electron chi connectivity index (χ4n) is 1.63. The average Bonchev–Trinajstić information content (AvgIpc) is 2.73. The molecule has 2 amide bonds. The van der Waals surface area contributed by atoms with E-state index < -0.39 is 11.8 Å². The summed E-state index contributed by atoms with van der Waals surface area (Å²) in [6, 6.07) is 0. The van der Waals surface area contributed by atoms with Crippen molar-refractivity contribution in [2.24, 2.45) is 0 Å². The molecule has 0 aliphatic heterocycles. The minimum absolute atomic E-state index is 0.462. The van der Waals surface area contributed by atoms with Gasteiger partial charge in [-0.25, -0.2) is 4.98 Å². The average molecular weight is 298 g/mol. The Kier molecular flexibility index (Phi) is 6.60.